The van der Waals surface area contributed by atoms with Gasteiger partial charge in [0.2, 0.25) is 0 Å². The van der Waals surface area contributed by atoms with E-state index in [-0.39, 0.29) is 18.0 Å². The third kappa shape index (κ3) is 3.58. The minimum atomic E-state index is -4.42. The van der Waals surface area contributed by atoms with Crippen LogP contribution in [0, 0.1) is 6.92 Å². The lowest BCUT2D eigenvalue weighted by atomic mass is 10.3. The van der Waals surface area contributed by atoms with E-state index in [0.29, 0.717) is 4.68 Å². The normalized spacial score (nSPS) is 11.3. The Hall–Kier alpha value is -1.86. The Kier molecular flexibility index (Phi) is 3.87. The molecule has 0 N–H and O–H groups in total. The van der Waals surface area contributed by atoms with Crippen molar-refractivity contribution in [2.24, 2.45) is 0 Å². The van der Waals surface area contributed by atoms with Crippen LogP contribution in [0.1, 0.15) is 16.2 Å². The Morgan fingerprint density at radius 2 is 2.24 bits per heavy atom. The minimum absolute atomic E-state index is 0.0105. The monoisotopic (exact) mass is 249 g/mol. The molecule has 0 unspecified atom stereocenters. The molecule has 0 aliphatic heterocycles. The number of hydrogen-bond acceptors (Lipinski definition) is 4. The maximum atomic E-state index is 12.1. The molecule has 0 aliphatic carbocycles. The van der Waals surface area contributed by atoms with Crippen LogP contribution in [0.15, 0.2) is 12.7 Å². The zero-order chi connectivity index (χ0) is 13.1. The van der Waals surface area contributed by atoms with Gasteiger partial charge in [0, 0.05) is 0 Å². The number of rotatable bonds is 4. The van der Waals surface area contributed by atoms with Crippen LogP contribution in [0.25, 0.3) is 0 Å². The fraction of sp³-hybridized carbons (Fsp3) is 0.444. The van der Waals surface area contributed by atoms with Gasteiger partial charge in [-0.05, 0) is 6.92 Å². The summed E-state index contributed by atoms with van der Waals surface area (Å²) in [6, 6.07) is 0. The molecule has 17 heavy (non-hydrogen) atoms. The van der Waals surface area contributed by atoms with Crippen molar-refractivity contribution in [2.45, 2.75) is 19.6 Å². The first-order chi connectivity index (χ1) is 7.85. The van der Waals surface area contributed by atoms with E-state index in [1.165, 1.54) is 13.0 Å². The minimum Gasteiger partial charge on any atom is -0.457 e. The van der Waals surface area contributed by atoms with Gasteiger partial charge in [0.15, 0.2) is 5.69 Å². The smallest absolute Gasteiger partial charge is 0.408 e. The van der Waals surface area contributed by atoms with Crippen molar-refractivity contribution in [1.82, 2.24) is 15.0 Å². The number of halogens is 3. The summed E-state index contributed by atoms with van der Waals surface area (Å²) >= 11 is 0. The summed E-state index contributed by atoms with van der Waals surface area (Å²) in [6.45, 7) is 3.32. The van der Waals surface area contributed by atoms with Gasteiger partial charge in [0.05, 0.1) is 5.69 Å². The highest BCUT2D eigenvalue weighted by Crippen LogP contribution is 2.18. The van der Waals surface area contributed by atoms with Crippen molar-refractivity contribution >= 4 is 5.97 Å². The summed E-state index contributed by atoms with van der Waals surface area (Å²) in [5, 5.41) is 6.61. The lowest BCUT2D eigenvalue weighted by Gasteiger charge is -2.06. The molecule has 0 atom stereocenters. The molecular formula is C9H10F3N3O2. The number of aromatic nitrogens is 3. The van der Waals surface area contributed by atoms with Gasteiger partial charge in [-0.3, -0.25) is 0 Å². The molecule has 0 bridgehead atoms. The predicted molar refractivity (Wildman–Crippen MR) is 51.3 cm³/mol. The molecule has 0 spiro atoms. The third-order valence-corrected chi connectivity index (χ3v) is 1.84. The number of hydrogen-bond donors (Lipinski definition) is 0. The van der Waals surface area contributed by atoms with E-state index in [1.54, 1.807) is 0 Å². The molecule has 0 radical (unpaired) electrons. The molecule has 1 aromatic heterocycles. The number of alkyl halides is 3. The van der Waals surface area contributed by atoms with Gasteiger partial charge in [0.1, 0.15) is 13.2 Å². The second kappa shape index (κ2) is 4.98. The number of carbonyl (C=O) groups excluding carboxylic acids is 1. The van der Waals surface area contributed by atoms with Crippen molar-refractivity contribution in [1.29, 1.82) is 0 Å². The van der Waals surface area contributed by atoms with E-state index in [2.05, 4.69) is 21.6 Å². The van der Waals surface area contributed by atoms with Crippen LogP contribution >= 0.6 is 0 Å². The fourth-order valence-corrected chi connectivity index (χ4v) is 1.07. The van der Waals surface area contributed by atoms with Gasteiger partial charge in [-0.1, -0.05) is 17.9 Å². The van der Waals surface area contributed by atoms with E-state index in [4.69, 9.17) is 0 Å². The van der Waals surface area contributed by atoms with E-state index >= 15 is 0 Å². The molecule has 0 aromatic carbocycles. The molecular weight excluding hydrogens is 239 g/mol. The molecule has 1 heterocycles. The maximum Gasteiger partial charge on any atom is 0.408 e. The lowest BCUT2D eigenvalue weighted by Crippen LogP contribution is -2.20. The van der Waals surface area contributed by atoms with Crippen molar-refractivity contribution in [3.63, 3.8) is 0 Å². The summed E-state index contributed by atoms with van der Waals surface area (Å²) in [7, 11) is 0. The van der Waals surface area contributed by atoms with E-state index < -0.39 is 18.7 Å². The van der Waals surface area contributed by atoms with Crippen LogP contribution in [0.3, 0.4) is 0 Å². The molecule has 5 nitrogen and oxygen atoms in total. The van der Waals surface area contributed by atoms with Gasteiger partial charge < -0.3 is 4.74 Å². The van der Waals surface area contributed by atoms with E-state index in [0.717, 1.165) is 0 Å². The Morgan fingerprint density at radius 1 is 1.59 bits per heavy atom. The Labute approximate surface area is 94.9 Å². The maximum absolute atomic E-state index is 12.1. The van der Waals surface area contributed by atoms with Crippen molar-refractivity contribution in [3.8, 4) is 0 Å². The predicted octanol–water partition coefficient (Wildman–Crippen LogP) is 1.49. The molecule has 94 valence electrons. The zero-order valence-electron chi connectivity index (χ0n) is 8.99. The average molecular weight is 249 g/mol. The summed E-state index contributed by atoms with van der Waals surface area (Å²) in [6.07, 6.45) is -3.08. The third-order valence-electron chi connectivity index (χ3n) is 1.84. The highest BCUT2D eigenvalue weighted by molar-refractivity contribution is 5.88. The van der Waals surface area contributed by atoms with Crippen LogP contribution in [0.5, 0.6) is 0 Å². The largest absolute Gasteiger partial charge is 0.457 e. The molecule has 0 saturated heterocycles. The molecule has 0 amide bonds. The average Bonchev–Trinajstić information content (AvgIpc) is 2.55. The Balaban J connectivity index is 2.83. The Bertz CT molecular complexity index is 426. The van der Waals surface area contributed by atoms with Crippen molar-refractivity contribution in [2.75, 3.05) is 6.61 Å². The molecule has 0 fully saturated rings. The first-order valence-corrected chi connectivity index (χ1v) is 4.60. The van der Waals surface area contributed by atoms with Gasteiger partial charge >= 0.3 is 12.1 Å². The van der Waals surface area contributed by atoms with Crippen molar-refractivity contribution < 1.29 is 22.7 Å². The van der Waals surface area contributed by atoms with E-state index in [1.807, 2.05) is 0 Å². The number of esters is 1. The lowest BCUT2D eigenvalue weighted by molar-refractivity contribution is -0.143. The van der Waals surface area contributed by atoms with Gasteiger partial charge in [-0.15, -0.1) is 5.10 Å². The first kappa shape index (κ1) is 13.2. The first-order valence-electron chi connectivity index (χ1n) is 4.60. The van der Waals surface area contributed by atoms with Crippen LogP contribution in [0.2, 0.25) is 0 Å². The summed E-state index contributed by atoms with van der Waals surface area (Å²) in [5.41, 5.74) is -0.215. The molecule has 1 aromatic rings. The van der Waals surface area contributed by atoms with E-state index in [9.17, 15) is 18.0 Å². The summed E-state index contributed by atoms with van der Waals surface area (Å²) < 4.78 is 41.6. The number of ether oxygens (including phenoxy) is 1. The number of nitrogens with zero attached hydrogens (tertiary/aromatic N) is 3. The molecule has 1 rings (SSSR count). The SMILES string of the molecule is C=CCOC(=O)c1nnn(CC(F)(F)F)c1C. The van der Waals surface area contributed by atoms with Crippen LogP contribution in [0.4, 0.5) is 13.2 Å². The topological polar surface area (TPSA) is 57.0 Å². The molecule has 8 heteroatoms. The van der Waals surface area contributed by atoms with Gasteiger partial charge in [0.25, 0.3) is 0 Å². The highest BCUT2D eigenvalue weighted by Gasteiger charge is 2.30. The second-order valence-corrected chi connectivity index (χ2v) is 3.18. The summed E-state index contributed by atoms with van der Waals surface area (Å²) in [5.74, 6) is -0.823. The molecule has 0 aliphatic rings. The second-order valence-electron chi connectivity index (χ2n) is 3.18. The quantitative estimate of drug-likeness (QED) is 0.599. The van der Waals surface area contributed by atoms with Gasteiger partial charge in [-0.25, -0.2) is 9.48 Å². The standard InChI is InChI=1S/C9H10F3N3O2/c1-3-4-17-8(16)7-6(2)15(14-13-7)5-9(10,11)12/h3H,1,4-5H2,2H3. The van der Waals surface area contributed by atoms with Crippen LogP contribution in [-0.4, -0.2) is 33.7 Å². The number of carbonyl (C=O) groups is 1. The van der Waals surface area contributed by atoms with Crippen molar-refractivity contribution in [3.05, 3.63) is 24.0 Å². The van der Waals surface area contributed by atoms with Gasteiger partial charge in [-0.2, -0.15) is 13.2 Å². The Morgan fingerprint density at radius 3 is 2.76 bits per heavy atom. The fourth-order valence-electron chi connectivity index (χ4n) is 1.07. The van der Waals surface area contributed by atoms with Crippen LogP contribution in [-0.2, 0) is 11.3 Å². The highest BCUT2D eigenvalue weighted by atomic mass is 19.4. The summed E-state index contributed by atoms with van der Waals surface area (Å²) in [4.78, 5) is 11.3. The zero-order valence-corrected chi connectivity index (χ0v) is 8.99. The molecule has 0 saturated carbocycles. The van der Waals surface area contributed by atoms with Crippen LogP contribution < -0.4 is 0 Å².